The van der Waals surface area contributed by atoms with Crippen LogP contribution in [0.4, 0.5) is 4.39 Å². The smallest absolute Gasteiger partial charge is 0.186 e. The van der Waals surface area contributed by atoms with Gasteiger partial charge in [0.1, 0.15) is 0 Å². The van der Waals surface area contributed by atoms with Crippen LogP contribution in [0.2, 0.25) is 0 Å². The maximum atomic E-state index is 12.9. The van der Waals surface area contributed by atoms with E-state index < -0.39 is 17.1 Å². The summed E-state index contributed by atoms with van der Waals surface area (Å²) in [6.45, 7) is 5.19. The van der Waals surface area contributed by atoms with Crippen molar-refractivity contribution in [1.29, 1.82) is 0 Å². The van der Waals surface area contributed by atoms with E-state index in [1.54, 1.807) is 20.8 Å². The number of nitrogens with zero attached hydrogens (tertiary/aromatic N) is 1. The summed E-state index contributed by atoms with van der Waals surface area (Å²) in [7, 11) is 0. The predicted molar refractivity (Wildman–Crippen MR) is 56.6 cm³/mol. The fraction of sp³-hybridized carbons (Fsp3) is 0.364. The third kappa shape index (κ3) is 2.68. The van der Waals surface area contributed by atoms with Crippen LogP contribution in [0.25, 0.3) is 0 Å². The van der Waals surface area contributed by atoms with Gasteiger partial charge in [-0.2, -0.15) is 0 Å². The number of hydrogen-bond donors (Lipinski definition) is 1. The Morgan fingerprint density at radius 1 is 1.40 bits per heavy atom. The third-order valence-corrected chi connectivity index (χ3v) is 1.94. The summed E-state index contributed by atoms with van der Waals surface area (Å²) in [4.78, 5) is 0. The molecule has 0 saturated carbocycles. The highest BCUT2D eigenvalue weighted by Crippen LogP contribution is 2.19. The van der Waals surface area contributed by atoms with Crippen LogP contribution < -0.4 is 0 Å². The molecule has 1 N–H and O–H groups in total. The summed E-state index contributed by atoms with van der Waals surface area (Å²) >= 11 is 0. The van der Waals surface area contributed by atoms with Crippen molar-refractivity contribution in [3.05, 3.63) is 34.8 Å². The lowest BCUT2D eigenvalue weighted by molar-refractivity contribution is -0.530. The minimum Gasteiger partial charge on any atom is -0.623 e. The average molecular weight is 211 g/mol. The van der Waals surface area contributed by atoms with E-state index in [1.165, 1.54) is 18.3 Å². The van der Waals surface area contributed by atoms with Crippen molar-refractivity contribution in [2.24, 2.45) is 0 Å². The molecule has 1 rings (SSSR count). The maximum absolute atomic E-state index is 12.9. The van der Waals surface area contributed by atoms with Crippen molar-refractivity contribution in [2.45, 2.75) is 26.3 Å². The highest BCUT2D eigenvalue weighted by molar-refractivity contribution is 5.79. The van der Waals surface area contributed by atoms with Crippen LogP contribution in [0.15, 0.2) is 18.2 Å². The number of aromatic hydroxyl groups is 1. The summed E-state index contributed by atoms with van der Waals surface area (Å²) in [5.74, 6) is -1.23. The molecule has 0 aliphatic heterocycles. The minimum absolute atomic E-state index is 0.180. The Hall–Kier alpha value is -1.58. The molecule has 0 amide bonds. The van der Waals surface area contributed by atoms with Crippen LogP contribution in [0.3, 0.4) is 0 Å². The molecule has 0 aliphatic rings. The summed E-state index contributed by atoms with van der Waals surface area (Å²) in [5, 5.41) is 20.9. The second-order valence-electron chi connectivity index (χ2n) is 4.30. The number of hydrogen-bond acceptors (Lipinski definition) is 2. The van der Waals surface area contributed by atoms with E-state index in [0.717, 1.165) is 6.07 Å². The molecule has 1 aromatic carbocycles. The van der Waals surface area contributed by atoms with E-state index in [9.17, 15) is 14.7 Å². The first-order valence-corrected chi connectivity index (χ1v) is 4.61. The fourth-order valence-corrected chi connectivity index (χ4v) is 0.956. The molecule has 0 fully saturated rings. The van der Waals surface area contributed by atoms with Gasteiger partial charge in [-0.1, -0.05) is 6.07 Å². The van der Waals surface area contributed by atoms with Gasteiger partial charge < -0.3 is 10.3 Å². The zero-order chi connectivity index (χ0) is 11.6. The van der Waals surface area contributed by atoms with Crippen LogP contribution in [-0.2, 0) is 0 Å². The van der Waals surface area contributed by atoms with Gasteiger partial charge in [-0.05, 0) is 12.1 Å². The Labute approximate surface area is 88.1 Å². The zero-order valence-electron chi connectivity index (χ0n) is 8.99. The fourth-order valence-electron chi connectivity index (χ4n) is 0.956. The van der Waals surface area contributed by atoms with Crippen molar-refractivity contribution in [3.63, 3.8) is 0 Å². The van der Waals surface area contributed by atoms with Gasteiger partial charge in [0, 0.05) is 20.8 Å². The number of phenols is 1. The Balaban J connectivity index is 3.15. The van der Waals surface area contributed by atoms with Gasteiger partial charge in [-0.3, -0.25) is 0 Å². The quantitative estimate of drug-likeness (QED) is 0.335. The van der Waals surface area contributed by atoms with Crippen LogP contribution in [0.1, 0.15) is 26.3 Å². The van der Waals surface area contributed by atoms with Gasteiger partial charge in [0.25, 0.3) is 0 Å². The number of hydroxylamine groups is 1. The van der Waals surface area contributed by atoms with Crippen molar-refractivity contribution in [1.82, 2.24) is 0 Å². The molecule has 1 aromatic rings. The first kappa shape index (κ1) is 11.5. The molecule has 15 heavy (non-hydrogen) atoms. The lowest BCUT2D eigenvalue weighted by Crippen LogP contribution is -2.29. The number of rotatable bonds is 1. The highest BCUT2D eigenvalue weighted by Gasteiger charge is 2.19. The third-order valence-electron chi connectivity index (χ3n) is 1.94. The number of halogens is 1. The molecule has 3 nitrogen and oxygen atoms in total. The van der Waals surface area contributed by atoms with Gasteiger partial charge in [-0.25, -0.2) is 9.13 Å². The van der Waals surface area contributed by atoms with E-state index >= 15 is 0 Å². The Bertz CT molecular complexity index is 394. The molecule has 0 spiro atoms. The summed E-state index contributed by atoms with van der Waals surface area (Å²) in [6.07, 6.45) is 1.18. The van der Waals surface area contributed by atoms with Gasteiger partial charge in [0.15, 0.2) is 23.3 Å². The topological polar surface area (TPSA) is 46.3 Å². The van der Waals surface area contributed by atoms with Gasteiger partial charge in [0.05, 0.1) is 5.56 Å². The van der Waals surface area contributed by atoms with Crippen molar-refractivity contribution < 1.29 is 14.2 Å². The first-order valence-electron chi connectivity index (χ1n) is 4.61. The SMILES string of the molecule is CC(C)(C)[N+]([O-])=Cc1cccc(F)c1O. The number of phenolic OH excluding ortho intramolecular Hbond substituents is 1. The molecule has 0 aromatic heterocycles. The molecular formula is C11H14FNO2. The highest BCUT2D eigenvalue weighted by atomic mass is 19.1. The van der Waals surface area contributed by atoms with Crippen LogP contribution in [0, 0.1) is 11.0 Å². The van der Waals surface area contributed by atoms with Crippen molar-refractivity contribution in [3.8, 4) is 5.75 Å². The molecule has 82 valence electrons. The van der Waals surface area contributed by atoms with Gasteiger partial charge in [0.2, 0.25) is 0 Å². The molecule has 0 aliphatic carbocycles. The standard InChI is InChI=1S/C11H14FNO2/c1-11(2,3)13(15)7-8-5-4-6-9(12)10(8)14/h4-7,14H,1-3H3. The predicted octanol–water partition coefficient (Wildman–Crippen LogP) is 2.26. The average Bonchev–Trinajstić information content (AvgIpc) is 2.11. The molecule has 0 atom stereocenters. The van der Waals surface area contributed by atoms with Crippen LogP contribution in [-0.4, -0.2) is 21.6 Å². The normalized spacial score (nSPS) is 12.9. The van der Waals surface area contributed by atoms with Crippen molar-refractivity contribution >= 4 is 6.21 Å². The lowest BCUT2D eigenvalue weighted by atomic mass is 10.1. The minimum atomic E-state index is -0.731. The van der Waals surface area contributed by atoms with Gasteiger partial charge in [-0.15, -0.1) is 0 Å². The van der Waals surface area contributed by atoms with Crippen molar-refractivity contribution in [2.75, 3.05) is 0 Å². The maximum Gasteiger partial charge on any atom is 0.186 e. The Morgan fingerprint density at radius 2 is 2.00 bits per heavy atom. The Morgan fingerprint density at radius 3 is 2.53 bits per heavy atom. The van der Waals surface area contributed by atoms with E-state index in [2.05, 4.69) is 0 Å². The summed E-state index contributed by atoms with van der Waals surface area (Å²) < 4.78 is 13.6. The van der Waals surface area contributed by atoms with E-state index in [0.29, 0.717) is 4.74 Å². The molecule has 0 unspecified atom stereocenters. The van der Waals surface area contributed by atoms with E-state index in [1.807, 2.05) is 0 Å². The zero-order valence-corrected chi connectivity index (χ0v) is 8.99. The number of benzene rings is 1. The molecule has 0 heterocycles. The monoisotopic (exact) mass is 211 g/mol. The van der Waals surface area contributed by atoms with E-state index in [4.69, 9.17) is 0 Å². The van der Waals surface area contributed by atoms with E-state index in [-0.39, 0.29) is 5.56 Å². The molecule has 0 radical (unpaired) electrons. The molecular weight excluding hydrogens is 197 g/mol. The molecule has 0 bridgehead atoms. The van der Waals surface area contributed by atoms with Crippen LogP contribution >= 0.6 is 0 Å². The largest absolute Gasteiger partial charge is 0.623 e. The Kier molecular flexibility index (Phi) is 2.98. The molecule has 0 saturated heterocycles. The number of para-hydroxylation sites is 1. The molecule has 4 heteroatoms. The van der Waals surface area contributed by atoms with Crippen LogP contribution in [0.5, 0.6) is 5.75 Å². The first-order chi connectivity index (χ1) is 6.82. The summed E-state index contributed by atoms with van der Waals surface area (Å²) in [6, 6.07) is 4.06. The summed E-state index contributed by atoms with van der Waals surface area (Å²) in [5.41, 5.74) is -0.432. The second-order valence-corrected chi connectivity index (χ2v) is 4.30. The lowest BCUT2D eigenvalue weighted by Gasteiger charge is -2.18. The van der Waals surface area contributed by atoms with Gasteiger partial charge >= 0.3 is 0 Å². The second kappa shape index (κ2) is 3.88.